The summed E-state index contributed by atoms with van der Waals surface area (Å²) in [5, 5.41) is 68.0. The van der Waals surface area contributed by atoms with Crippen LogP contribution in [0.4, 0.5) is 0 Å². The van der Waals surface area contributed by atoms with Gasteiger partial charge < -0.3 is 30.6 Å². The molecule has 0 amide bonds. The number of phenols is 4. The van der Waals surface area contributed by atoms with Crippen LogP contribution in [0.15, 0.2) is 24.3 Å². The molecule has 2 unspecified atom stereocenters. The molecule has 0 aliphatic carbocycles. The molecular formula is C36H60N2O6. The molecule has 0 bridgehead atoms. The van der Waals surface area contributed by atoms with E-state index in [1.54, 1.807) is 26.0 Å². The van der Waals surface area contributed by atoms with E-state index in [9.17, 15) is 30.6 Å². The Morgan fingerprint density at radius 2 is 0.864 bits per heavy atom. The van der Waals surface area contributed by atoms with Crippen molar-refractivity contribution < 1.29 is 30.6 Å². The number of aliphatic hydroxyl groups excluding tert-OH is 2. The summed E-state index contributed by atoms with van der Waals surface area (Å²) in [5.41, 5.74) is 1.94. The zero-order valence-corrected chi connectivity index (χ0v) is 27.5. The van der Waals surface area contributed by atoms with Gasteiger partial charge in [-0.25, -0.2) is 0 Å². The zero-order valence-electron chi connectivity index (χ0n) is 27.5. The lowest BCUT2D eigenvalue weighted by Gasteiger charge is -2.25. The predicted octanol–water partition coefficient (Wildman–Crippen LogP) is 7.66. The molecular weight excluding hydrogens is 556 g/mol. The lowest BCUT2D eigenvalue weighted by Crippen LogP contribution is -2.45. The Morgan fingerprint density at radius 3 is 1.23 bits per heavy atom. The van der Waals surface area contributed by atoms with Crippen molar-refractivity contribution in [2.24, 2.45) is 0 Å². The number of hydrogen-bond acceptors (Lipinski definition) is 8. The second-order valence-corrected chi connectivity index (χ2v) is 12.4. The molecule has 0 heterocycles. The van der Waals surface area contributed by atoms with Crippen molar-refractivity contribution >= 4 is 0 Å². The van der Waals surface area contributed by atoms with Gasteiger partial charge in [-0.1, -0.05) is 115 Å². The van der Waals surface area contributed by atoms with E-state index < -0.39 is 12.2 Å². The van der Waals surface area contributed by atoms with Gasteiger partial charge in [0.15, 0.2) is 23.0 Å². The highest BCUT2D eigenvalue weighted by Gasteiger charge is 2.19. The van der Waals surface area contributed by atoms with Gasteiger partial charge in [-0.05, 0) is 43.5 Å². The first-order valence-corrected chi connectivity index (χ1v) is 17.0. The highest BCUT2D eigenvalue weighted by atomic mass is 16.3. The summed E-state index contributed by atoms with van der Waals surface area (Å²) in [6.07, 6.45) is 18.3. The van der Waals surface area contributed by atoms with Crippen LogP contribution in [-0.2, 0) is 0 Å². The van der Waals surface area contributed by atoms with Crippen LogP contribution < -0.4 is 10.6 Å². The van der Waals surface area contributed by atoms with Crippen molar-refractivity contribution in [3.05, 3.63) is 46.5 Å². The first-order valence-electron chi connectivity index (χ1n) is 17.0. The summed E-state index contributed by atoms with van der Waals surface area (Å²) in [4.78, 5) is 0. The monoisotopic (exact) mass is 616 g/mol. The summed E-state index contributed by atoms with van der Waals surface area (Å²) in [7, 11) is 0. The third kappa shape index (κ3) is 13.2. The third-order valence-electron chi connectivity index (χ3n) is 8.83. The number of unbranched alkanes of at least 4 members (excludes halogenated alkanes) is 14. The molecule has 0 radical (unpaired) electrons. The van der Waals surface area contributed by atoms with Crippen LogP contribution in [0, 0.1) is 13.8 Å². The molecule has 8 heteroatoms. The number of aromatic hydroxyl groups is 4. The van der Waals surface area contributed by atoms with E-state index in [1.165, 1.54) is 95.6 Å². The van der Waals surface area contributed by atoms with Crippen molar-refractivity contribution in [3.63, 3.8) is 0 Å². The fourth-order valence-electron chi connectivity index (χ4n) is 5.85. The van der Waals surface area contributed by atoms with Crippen molar-refractivity contribution in [3.8, 4) is 23.0 Å². The molecule has 0 aliphatic heterocycles. The Balaban J connectivity index is 1.77. The molecule has 2 aromatic rings. The van der Waals surface area contributed by atoms with Crippen molar-refractivity contribution in [2.45, 2.75) is 142 Å². The Kier molecular flexibility index (Phi) is 18.2. The molecule has 0 saturated carbocycles. The highest BCUT2D eigenvalue weighted by molar-refractivity contribution is 5.49. The molecule has 0 fully saturated rings. The van der Waals surface area contributed by atoms with Gasteiger partial charge in [-0.15, -0.1) is 0 Å². The maximum atomic E-state index is 10.8. The molecule has 8 N–H and O–H groups in total. The van der Waals surface area contributed by atoms with Crippen LogP contribution in [0.2, 0.25) is 0 Å². The average Bonchev–Trinajstić information content (AvgIpc) is 3.01. The standard InChI is InChI=1S/C36H60N2O6/c1-4-5-6-7-8-9-10-11-12-13-14-15-16-17-18-19-34(37-24-32(41)28-20-22-30(39)35(43)26(28)2)38-25-33(42)29-21-23-31(40)36(44)27(29)3/h20-23,32-34,37-44H,4-19,24-25H2,1-3H3. The molecule has 2 aromatic carbocycles. The van der Waals surface area contributed by atoms with Crippen LogP contribution in [0.1, 0.15) is 144 Å². The Morgan fingerprint density at radius 1 is 0.523 bits per heavy atom. The summed E-state index contributed by atoms with van der Waals surface area (Å²) < 4.78 is 0. The Labute approximate surface area is 265 Å². The largest absolute Gasteiger partial charge is 0.504 e. The minimum absolute atomic E-state index is 0.182. The molecule has 0 aliphatic rings. The number of rotatable bonds is 24. The molecule has 44 heavy (non-hydrogen) atoms. The number of aliphatic hydroxyl groups is 2. The molecule has 0 saturated heterocycles. The summed E-state index contributed by atoms with van der Waals surface area (Å²) >= 11 is 0. The van der Waals surface area contributed by atoms with E-state index >= 15 is 0 Å². The fourth-order valence-corrected chi connectivity index (χ4v) is 5.85. The number of phenolic OH excluding ortho intramolecular Hbond substituents is 4. The average molecular weight is 617 g/mol. The topological polar surface area (TPSA) is 145 Å². The first kappa shape index (κ1) is 37.7. The fraction of sp³-hybridized carbons (Fsp3) is 0.667. The van der Waals surface area contributed by atoms with Gasteiger partial charge in [0.05, 0.1) is 18.4 Å². The second-order valence-electron chi connectivity index (χ2n) is 12.4. The lowest BCUT2D eigenvalue weighted by atomic mass is 10.0. The van der Waals surface area contributed by atoms with Gasteiger partial charge in [0.25, 0.3) is 0 Å². The highest BCUT2D eigenvalue weighted by Crippen LogP contribution is 2.34. The molecule has 2 atom stereocenters. The second kappa shape index (κ2) is 21.3. The maximum absolute atomic E-state index is 10.8. The quantitative estimate of drug-likeness (QED) is 0.0341. The molecule has 0 aromatic heterocycles. The predicted molar refractivity (Wildman–Crippen MR) is 178 cm³/mol. The maximum Gasteiger partial charge on any atom is 0.160 e. The van der Waals surface area contributed by atoms with E-state index in [4.69, 9.17) is 0 Å². The van der Waals surface area contributed by atoms with E-state index in [0.29, 0.717) is 22.3 Å². The minimum atomic E-state index is -0.895. The van der Waals surface area contributed by atoms with Gasteiger partial charge in [0, 0.05) is 24.2 Å². The number of nitrogens with one attached hydrogen (secondary N) is 2. The molecule has 250 valence electrons. The van der Waals surface area contributed by atoms with Crippen molar-refractivity contribution in [1.29, 1.82) is 0 Å². The summed E-state index contributed by atoms with van der Waals surface area (Å²) in [6.45, 7) is 6.01. The van der Waals surface area contributed by atoms with Gasteiger partial charge in [0.1, 0.15) is 0 Å². The van der Waals surface area contributed by atoms with E-state index in [-0.39, 0.29) is 42.3 Å². The number of hydrogen-bond donors (Lipinski definition) is 8. The Hall–Kier alpha value is -2.52. The van der Waals surface area contributed by atoms with E-state index in [1.807, 2.05) is 0 Å². The lowest BCUT2D eigenvalue weighted by molar-refractivity contribution is 0.148. The summed E-state index contributed by atoms with van der Waals surface area (Å²) in [5.74, 6) is -0.901. The smallest absolute Gasteiger partial charge is 0.160 e. The first-order chi connectivity index (χ1) is 21.2. The number of benzene rings is 2. The SMILES string of the molecule is CCCCCCCCCCCCCCCCCC(NCC(O)c1ccc(O)c(O)c1C)NCC(O)c1ccc(O)c(O)c1C. The minimum Gasteiger partial charge on any atom is -0.504 e. The van der Waals surface area contributed by atoms with Gasteiger partial charge in [0.2, 0.25) is 0 Å². The van der Waals surface area contributed by atoms with E-state index in [2.05, 4.69) is 17.6 Å². The van der Waals surface area contributed by atoms with Gasteiger partial charge in [-0.2, -0.15) is 0 Å². The van der Waals surface area contributed by atoms with Crippen LogP contribution in [0.25, 0.3) is 0 Å². The third-order valence-corrected chi connectivity index (χ3v) is 8.83. The molecule has 2 rings (SSSR count). The van der Waals surface area contributed by atoms with Crippen LogP contribution in [-0.4, -0.2) is 49.9 Å². The van der Waals surface area contributed by atoms with Crippen molar-refractivity contribution in [1.82, 2.24) is 10.6 Å². The van der Waals surface area contributed by atoms with Gasteiger partial charge in [-0.3, -0.25) is 10.6 Å². The van der Waals surface area contributed by atoms with Crippen LogP contribution >= 0.6 is 0 Å². The molecule has 0 spiro atoms. The van der Waals surface area contributed by atoms with E-state index in [0.717, 1.165) is 19.3 Å². The van der Waals surface area contributed by atoms with Gasteiger partial charge >= 0.3 is 0 Å². The van der Waals surface area contributed by atoms with Crippen LogP contribution in [0.5, 0.6) is 23.0 Å². The normalized spacial score (nSPS) is 13.7. The van der Waals surface area contributed by atoms with Crippen molar-refractivity contribution in [2.75, 3.05) is 13.1 Å². The molecule has 8 nitrogen and oxygen atoms in total. The zero-order chi connectivity index (χ0) is 32.3. The Bertz CT molecular complexity index is 1010. The van der Waals surface area contributed by atoms with Crippen LogP contribution in [0.3, 0.4) is 0 Å². The summed E-state index contributed by atoms with van der Waals surface area (Å²) in [6, 6.07) is 5.96.